The predicted octanol–water partition coefficient (Wildman–Crippen LogP) is 5.37. The summed E-state index contributed by atoms with van der Waals surface area (Å²) in [4.78, 5) is 9.58. The minimum absolute atomic E-state index is 0.0000251. The van der Waals surface area contributed by atoms with Crippen LogP contribution in [0, 0.1) is 29.9 Å². The van der Waals surface area contributed by atoms with Crippen molar-refractivity contribution in [2.75, 3.05) is 0 Å². The minimum atomic E-state index is -0.949. The molecule has 2 aromatic carbocycles. The molecule has 27 heavy (non-hydrogen) atoms. The van der Waals surface area contributed by atoms with E-state index in [9.17, 15) is 14.0 Å². The molecule has 1 aromatic heterocycles. The highest BCUT2D eigenvalue weighted by atomic mass is 32.2. The van der Waals surface area contributed by atoms with Crippen molar-refractivity contribution in [1.82, 2.24) is 4.98 Å². The molecule has 4 rings (SSSR count). The molecule has 3 aromatic rings. The Bertz CT molecular complexity index is 1180. The number of benzene rings is 2. The fourth-order valence-corrected chi connectivity index (χ4v) is 4.40. The standard InChI is InChI=1S/C21H15F2N3S/c1-11-13(9-24)4-6-15-18(26-21(2,3)27-20(11)15)14-8-12-5-7-16(22)17(23)19(12)25-10-14/h4-8,10H,1-3H3. The molecule has 3 nitrogen and oxygen atoms in total. The first-order chi connectivity index (χ1) is 12.8. The highest BCUT2D eigenvalue weighted by Crippen LogP contribution is 2.44. The minimum Gasteiger partial charge on any atom is -0.267 e. The van der Waals surface area contributed by atoms with Crippen LogP contribution in [-0.2, 0) is 0 Å². The summed E-state index contributed by atoms with van der Waals surface area (Å²) in [5, 5.41) is 9.85. The van der Waals surface area contributed by atoms with Gasteiger partial charge in [-0.25, -0.2) is 8.78 Å². The average molecular weight is 379 g/mol. The Morgan fingerprint density at radius 1 is 1.15 bits per heavy atom. The van der Waals surface area contributed by atoms with Crippen LogP contribution < -0.4 is 0 Å². The van der Waals surface area contributed by atoms with Gasteiger partial charge in [-0.05, 0) is 50.6 Å². The lowest BCUT2D eigenvalue weighted by Gasteiger charge is -2.30. The van der Waals surface area contributed by atoms with E-state index in [4.69, 9.17) is 4.99 Å². The fourth-order valence-electron chi connectivity index (χ4n) is 3.22. The van der Waals surface area contributed by atoms with Gasteiger partial charge in [0.2, 0.25) is 0 Å². The molecule has 0 saturated heterocycles. The lowest BCUT2D eigenvalue weighted by Crippen LogP contribution is -2.23. The Balaban J connectivity index is 1.95. The quantitative estimate of drug-likeness (QED) is 0.571. The Labute approximate surface area is 159 Å². The Morgan fingerprint density at radius 3 is 2.67 bits per heavy atom. The number of hydrogen-bond acceptors (Lipinski definition) is 4. The number of aromatic nitrogens is 1. The normalized spacial score (nSPS) is 15.2. The summed E-state index contributed by atoms with van der Waals surface area (Å²) < 4.78 is 27.4. The summed E-state index contributed by atoms with van der Waals surface area (Å²) in [6.45, 7) is 5.94. The third-order valence-corrected chi connectivity index (χ3v) is 5.85. The summed E-state index contributed by atoms with van der Waals surface area (Å²) in [6, 6.07) is 10.3. The number of halogens is 2. The molecule has 6 heteroatoms. The van der Waals surface area contributed by atoms with Gasteiger partial charge in [-0.1, -0.05) is 17.8 Å². The van der Waals surface area contributed by atoms with Gasteiger partial charge >= 0.3 is 0 Å². The topological polar surface area (TPSA) is 49.0 Å². The Hall–Kier alpha value is -2.78. The van der Waals surface area contributed by atoms with E-state index in [1.54, 1.807) is 23.9 Å². The first kappa shape index (κ1) is 17.6. The number of hydrogen-bond donors (Lipinski definition) is 0. The van der Waals surface area contributed by atoms with Gasteiger partial charge in [-0.2, -0.15) is 5.26 Å². The number of nitriles is 1. The van der Waals surface area contributed by atoms with E-state index in [2.05, 4.69) is 11.1 Å². The first-order valence-electron chi connectivity index (χ1n) is 8.38. The number of pyridine rings is 1. The van der Waals surface area contributed by atoms with E-state index in [0.717, 1.165) is 33.4 Å². The number of fused-ring (bicyclic) bond motifs is 2. The number of rotatable bonds is 1. The Morgan fingerprint density at radius 2 is 1.93 bits per heavy atom. The molecule has 1 aliphatic rings. The second-order valence-electron chi connectivity index (χ2n) is 6.89. The average Bonchev–Trinajstić information content (AvgIpc) is 2.64. The van der Waals surface area contributed by atoms with E-state index in [-0.39, 0.29) is 5.52 Å². The van der Waals surface area contributed by atoms with E-state index < -0.39 is 16.5 Å². The molecule has 0 spiro atoms. The summed E-state index contributed by atoms with van der Waals surface area (Å²) >= 11 is 1.61. The molecule has 0 atom stereocenters. The zero-order valence-electron chi connectivity index (χ0n) is 15.0. The third kappa shape index (κ3) is 2.88. The van der Waals surface area contributed by atoms with Crippen molar-refractivity contribution in [3.63, 3.8) is 0 Å². The lowest BCUT2D eigenvalue weighted by molar-refractivity contribution is 0.515. The number of nitrogens with zero attached hydrogens (tertiary/aromatic N) is 3. The number of thioether (sulfide) groups is 1. The van der Waals surface area contributed by atoms with Gasteiger partial charge in [0.05, 0.1) is 17.3 Å². The van der Waals surface area contributed by atoms with Crippen LogP contribution in [0.15, 0.2) is 46.4 Å². The van der Waals surface area contributed by atoms with E-state index in [1.165, 1.54) is 12.3 Å². The number of aliphatic imine (C=N–C) groups is 1. The van der Waals surface area contributed by atoms with Crippen molar-refractivity contribution >= 4 is 28.4 Å². The molecule has 0 N–H and O–H groups in total. The SMILES string of the molecule is Cc1c(C#N)ccc2c1SC(C)(C)N=C2c1cnc2c(F)c(F)ccc2c1. The van der Waals surface area contributed by atoms with Crippen LogP contribution in [0.4, 0.5) is 8.78 Å². The van der Waals surface area contributed by atoms with Gasteiger partial charge < -0.3 is 0 Å². The zero-order valence-corrected chi connectivity index (χ0v) is 15.8. The van der Waals surface area contributed by atoms with Crippen LogP contribution >= 0.6 is 11.8 Å². The molecule has 0 aliphatic carbocycles. The third-order valence-electron chi connectivity index (χ3n) is 4.53. The molecule has 0 unspecified atom stereocenters. The van der Waals surface area contributed by atoms with E-state index >= 15 is 0 Å². The van der Waals surface area contributed by atoms with Crippen molar-refractivity contribution in [1.29, 1.82) is 5.26 Å². The zero-order chi connectivity index (χ0) is 19.3. The van der Waals surface area contributed by atoms with Crippen molar-refractivity contribution in [3.8, 4) is 6.07 Å². The summed E-state index contributed by atoms with van der Waals surface area (Å²) in [5.74, 6) is -1.87. The predicted molar refractivity (Wildman–Crippen MR) is 103 cm³/mol. The van der Waals surface area contributed by atoms with E-state index in [1.807, 2.05) is 26.8 Å². The highest BCUT2D eigenvalue weighted by molar-refractivity contribution is 8.00. The molecule has 0 saturated carbocycles. The van der Waals surface area contributed by atoms with Crippen molar-refractivity contribution in [2.24, 2.45) is 4.99 Å². The lowest BCUT2D eigenvalue weighted by atomic mass is 9.97. The van der Waals surface area contributed by atoms with Crippen LogP contribution in [-0.4, -0.2) is 15.6 Å². The first-order valence-corrected chi connectivity index (χ1v) is 9.19. The maximum absolute atomic E-state index is 14.0. The maximum atomic E-state index is 14.0. The molecular weight excluding hydrogens is 364 g/mol. The highest BCUT2D eigenvalue weighted by Gasteiger charge is 2.30. The van der Waals surface area contributed by atoms with Gasteiger partial charge in [0.25, 0.3) is 0 Å². The van der Waals surface area contributed by atoms with Crippen molar-refractivity contribution in [2.45, 2.75) is 30.5 Å². The molecule has 1 aliphatic heterocycles. The monoisotopic (exact) mass is 379 g/mol. The summed E-state index contributed by atoms with van der Waals surface area (Å²) in [6.07, 6.45) is 1.52. The molecule has 0 bridgehead atoms. The van der Waals surface area contributed by atoms with Gasteiger partial charge in [0, 0.05) is 27.6 Å². The van der Waals surface area contributed by atoms with Crippen molar-refractivity contribution < 1.29 is 8.78 Å². The maximum Gasteiger partial charge on any atom is 0.184 e. The summed E-state index contributed by atoms with van der Waals surface area (Å²) in [7, 11) is 0. The molecule has 134 valence electrons. The molecule has 0 amide bonds. The second kappa shape index (κ2) is 6.14. The molecular formula is C21H15F2N3S. The van der Waals surface area contributed by atoms with Gasteiger partial charge in [-0.15, -0.1) is 0 Å². The van der Waals surface area contributed by atoms with Crippen molar-refractivity contribution in [3.05, 3.63) is 70.4 Å². The Kier molecular flexibility index (Phi) is 4.01. The molecule has 0 radical (unpaired) electrons. The molecule has 2 heterocycles. The summed E-state index contributed by atoms with van der Waals surface area (Å²) in [5.41, 5.74) is 3.93. The van der Waals surface area contributed by atoms with E-state index in [0.29, 0.717) is 10.9 Å². The van der Waals surface area contributed by atoms with Gasteiger partial charge in [-0.3, -0.25) is 9.98 Å². The van der Waals surface area contributed by atoms with Crippen LogP contribution in [0.3, 0.4) is 0 Å². The van der Waals surface area contributed by atoms with Crippen LogP contribution in [0.1, 0.15) is 36.1 Å². The fraction of sp³-hybridized carbons (Fsp3) is 0.190. The smallest absolute Gasteiger partial charge is 0.184 e. The van der Waals surface area contributed by atoms with Crippen LogP contribution in [0.5, 0.6) is 0 Å². The largest absolute Gasteiger partial charge is 0.267 e. The molecule has 0 fully saturated rings. The van der Waals surface area contributed by atoms with Gasteiger partial charge in [0.15, 0.2) is 11.6 Å². The van der Waals surface area contributed by atoms with Crippen LogP contribution in [0.25, 0.3) is 10.9 Å². The van der Waals surface area contributed by atoms with Gasteiger partial charge in [0.1, 0.15) is 10.4 Å². The second-order valence-corrected chi connectivity index (χ2v) is 8.50. The van der Waals surface area contributed by atoms with Crippen LogP contribution in [0.2, 0.25) is 0 Å².